The molecule has 1 amide bonds. The lowest BCUT2D eigenvalue weighted by atomic mass is 10.2. The fourth-order valence-electron chi connectivity index (χ4n) is 2.60. The monoisotopic (exact) mass is 401 g/mol. The third kappa shape index (κ3) is 6.14. The Kier molecular flexibility index (Phi) is 7.88. The molecule has 0 saturated heterocycles. The summed E-state index contributed by atoms with van der Waals surface area (Å²) in [6.45, 7) is 5.57. The number of hydrogen-bond donors (Lipinski definition) is 1. The topological polar surface area (TPSA) is 83.1 Å². The van der Waals surface area contributed by atoms with E-state index in [1.165, 1.54) is 20.1 Å². The van der Waals surface area contributed by atoms with Gasteiger partial charge in [0.1, 0.15) is 5.75 Å². The quantitative estimate of drug-likeness (QED) is 0.649. The van der Waals surface area contributed by atoms with E-state index in [4.69, 9.17) is 18.9 Å². The number of rotatable bonds is 9. The van der Waals surface area contributed by atoms with E-state index in [1.807, 2.05) is 38.1 Å². The Morgan fingerprint density at radius 2 is 1.62 bits per heavy atom. The highest BCUT2D eigenvalue weighted by molar-refractivity contribution is 5.92. The Balaban J connectivity index is 1.98. The molecule has 0 saturated carbocycles. The summed E-state index contributed by atoms with van der Waals surface area (Å²) >= 11 is 0. The lowest BCUT2D eigenvalue weighted by Gasteiger charge is -2.16. The third-order valence-electron chi connectivity index (χ3n) is 4.06. The first kappa shape index (κ1) is 22.1. The highest BCUT2D eigenvalue weighted by Crippen LogP contribution is 2.29. The van der Waals surface area contributed by atoms with Crippen LogP contribution in [0.4, 0.5) is 0 Å². The second-order valence-electron chi connectivity index (χ2n) is 6.61. The predicted octanol–water partition coefficient (Wildman–Crippen LogP) is 3.35. The molecule has 0 fully saturated rings. The molecule has 0 heterocycles. The van der Waals surface area contributed by atoms with Crippen LogP contribution in [0.15, 0.2) is 42.5 Å². The van der Waals surface area contributed by atoms with Crippen molar-refractivity contribution in [1.29, 1.82) is 0 Å². The molecule has 1 atom stereocenters. The molecule has 0 aliphatic carbocycles. The zero-order valence-corrected chi connectivity index (χ0v) is 17.4. The molecular weight excluding hydrogens is 374 g/mol. The van der Waals surface area contributed by atoms with Gasteiger partial charge in [0.15, 0.2) is 17.6 Å². The fraction of sp³-hybridized carbons (Fsp3) is 0.364. The normalized spacial score (nSPS) is 11.5. The standard InChI is InChI=1S/C22H27NO6/c1-14(2)28-19-11-10-16(12-20(19)27-5)22(25)29-15(3)21(24)23-13-17-8-6-7-9-18(17)26-4/h6-12,14-15H,13H2,1-5H3,(H,23,24). The van der Waals surface area contributed by atoms with E-state index in [-0.39, 0.29) is 18.2 Å². The summed E-state index contributed by atoms with van der Waals surface area (Å²) in [6.07, 6.45) is -0.997. The highest BCUT2D eigenvalue weighted by Gasteiger charge is 2.20. The number of nitrogens with one attached hydrogen (secondary N) is 1. The van der Waals surface area contributed by atoms with E-state index in [0.29, 0.717) is 17.2 Å². The second-order valence-corrected chi connectivity index (χ2v) is 6.61. The van der Waals surface area contributed by atoms with Crippen LogP contribution in [-0.2, 0) is 16.1 Å². The maximum atomic E-state index is 12.4. The molecule has 0 aliphatic heterocycles. The summed E-state index contributed by atoms with van der Waals surface area (Å²) in [5.74, 6) is 0.589. The van der Waals surface area contributed by atoms with E-state index in [1.54, 1.807) is 19.2 Å². The van der Waals surface area contributed by atoms with Crippen LogP contribution in [0, 0.1) is 0 Å². The van der Waals surface area contributed by atoms with Crippen molar-refractivity contribution in [2.75, 3.05) is 14.2 Å². The zero-order valence-electron chi connectivity index (χ0n) is 17.4. The zero-order chi connectivity index (χ0) is 21.4. The molecule has 7 heteroatoms. The van der Waals surface area contributed by atoms with Gasteiger partial charge in [-0.15, -0.1) is 0 Å². The largest absolute Gasteiger partial charge is 0.496 e. The van der Waals surface area contributed by atoms with E-state index in [2.05, 4.69) is 5.32 Å². The minimum absolute atomic E-state index is 0.0336. The average Bonchev–Trinajstić information content (AvgIpc) is 2.71. The number of esters is 1. The number of para-hydroxylation sites is 1. The maximum absolute atomic E-state index is 12.4. The number of hydrogen-bond acceptors (Lipinski definition) is 6. The van der Waals surface area contributed by atoms with Crippen molar-refractivity contribution in [2.24, 2.45) is 0 Å². The number of ether oxygens (including phenoxy) is 4. The van der Waals surface area contributed by atoms with Crippen molar-refractivity contribution in [3.05, 3.63) is 53.6 Å². The van der Waals surface area contributed by atoms with Crippen LogP contribution >= 0.6 is 0 Å². The van der Waals surface area contributed by atoms with Crippen molar-refractivity contribution in [2.45, 2.75) is 39.5 Å². The van der Waals surface area contributed by atoms with E-state index >= 15 is 0 Å². The van der Waals surface area contributed by atoms with Crippen molar-refractivity contribution >= 4 is 11.9 Å². The molecular formula is C22H27NO6. The molecule has 2 rings (SSSR count). The molecule has 29 heavy (non-hydrogen) atoms. The Labute approximate surface area is 170 Å². The molecule has 0 spiro atoms. The maximum Gasteiger partial charge on any atom is 0.339 e. The highest BCUT2D eigenvalue weighted by atomic mass is 16.5. The summed E-state index contributed by atoms with van der Waals surface area (Å²) in [4.78, 5) is 24.7. The third-order valence-corrected chi connectivity index (χ3v) is 4.06. The van der Waals surface area contributed by atoms with Crippen LogP contribution in [0.3, 0.4) is 0 Å². The van der Waals surface area contributed by atoms with Gasteiger partial charge in [-0.05, 0) is 45.0 Å². The van der Waals surface area contributed by atoms with E-state index in [9.17, 15) is 9.59 Å². The van der Waals surface area contributed by atoms with E-state index < -0.39 is 18.0 Å². The Morgan fingerprint density at radius 3 is 2.28 bits per heavy atom. The first-order valence-electron chi connectivity index (χ1n) is 9.31. The number of amides is 1. The summed E-state index contributed by atoms with van der Waals surface area (Å²) < 4.78 is 21.4. The summed E-state index contributed by atoms with van der Waals surface area (Å²) in [5, 5.41) is 2.74. The SMILES string of the molecule is COc1ccccc1CNC(=O)C(C)OC(=O)c1ccc(OC(C)C)c(OC)c1. The Morgan fingerprint density at radius 1 is 0.931 bits per heavy atom. The van der Waals surface area contributed by atoms with Gasteiger partial charge >= 0.3 is 5.97 Å². The molecule has 2 aromatic carbocycles. The molecule has 1 unspecified atom stereocenters. The van der Waals surface area contributed by atoms with Gasteiger partial charge in [0.05, 0.1) is 25.9 Å². The first-order chi connectivity index (χ1) is 13.8. The van der Waals surface area contributed by atoms with Gasteiger partial charge in [0.25, 0.3) is 5.91 Å². The van der Waals surface area contributed by atoms with Crippen molar-refractivity contribution in [3.8, 4) is 17.2 Å². The lowest BCUT2D eigenvalue weighted by Crippen LogP contribution is -2.35. The second kappa shape index (κ2) is 10.4. The Hall–Kier alpha value is -3.22. The summed E-state index contributed by atoms with van der Waals surface area (Å²) in [6, 6.07) is 12.1. The molecule has 2 aromatic rings. The average molecular weight is 401 g/mol. The van der Waals surface area contributed by atoms with Gasteiger partial charge in [0.2, 0.25) is 0 Å². The molecule has 156 valence electrons. The smallest absolute Gasteiger partial charge is 0.339 e. The molecule has 1 N–H and O–H groups in total. The minimum Gasteiger partial charge on any atom is -0.496 e. The van der Waals surface area contributed by atoms with Gasteiger partial charge in [-0.3, -0.25) is 4.79 Å². The van der Waals surface area contributed by atoms with Gasteiger partial charge in [-0.25, -0.2) is 4.79 Å². The minimum atomic E-state index is -0.963. The first-order valence-corrected chi connectivity index (χ1v) is 9.31. The van der Waals surface area contributed by atoms with Gasteiger partial charge < -0.3 is 24.3 Å². The van der Waals surface area contributed by atoms with Crippen LogP contribution in [0.25, 0.3) is 0 Å². The summed E-state index contributed by atoms with van der Waals surface area (Å²) in [7, 11) is 3.06. The number of carbonyl (C=O) groups excluding carboxylic acids is 2. The summed E-state index contributed by atoms with van der Waals surface area (Å²) in [5.41, 5.74) is 1.09. The Bertz CT molecular complexity index is 849. The predicted molar refractivity (Wildman–Crippen MR) is 108 cm³/mol. The molecule has 0 aliphatic rings. The van der Waals surface area contributed by atoms with Crippen LogP contribution in [0.2, 0.25) is 0 Å². The van der Waals surface area contributed by atoms with Gasteiger partial charge in [0, 0.05) is 12.1 Å². The number of benzene rings is 2. The van der Waals surface area contributed by atoms with Gasteiger partial charge in [-0.1, -0.05) is 18.2 Å². The molecule has 0 radical (unpaired) electrons. The lowest BCUT2D eigenvalue weighted by molar-refractivity contribution is -0.129. The van der Waals surface area contributed by atoms with Crippen molar-refractivity contribution in [3.63, 3.8) is 0 Å². The van der Waals surface area contributed by atoms with Crippen LogP contribution in [-0.4, -0.2) is 38.3 Å². The number of carbonyl (C=O) groups is 2. The van der Waals surface area contributed by atoms with E-state index in [0.717, 1.165) is 5.56 Å². The fourth-order valence-corrected chi connectivity index (χ4v) is 2.60. The molecule has 0 aromatic heterocycles. The number of methoxy groups -OCH3 is 2. The van der Waals surface area contributed by atoms with Crippen molar-refractivity contribution < 1.29 is 28.5 Å². The van der Waals surface area contributed by atoms with Crippen molar-refractivity contribution in [1.82, 2.24) is 5.32 Å². The van der Waals surface area contributed by atoms with Crippen LogP contribution < -0.4 is 19.5 Å². The van der Waals surface area contributed by atoms with Gasteiger partial charge in [-0.2, -0.15) is 0 Å². The van der Waals surface area contributed by atoms with Crippen LogP contribution in [0.5, 0.6) is 17.2 Å². The molecule has 7 nitrogen and oxygen atoms in total. The van der Waals surface area contributed by atoms with Crippen LogP contribution in [0.1, 0.15) is 36.7 Å². The molecule has 0 bridgehead atoms.